The largest absolute Gasteiger partial charge is 0.356 e. The SMILES string of the molecule is CCCNC(=O)CCc1ccnc2ccccc12. The quantitative estimate of drug-likeness (QED) is 0.876. The molecule has 0 saturated carbocycles. The van der Waals surface area contributed by atoms with Gasteiger partial charge in [-0.05, 0) is 30.5 Å². The molecule has 18 heavy (non-hydrogen) atoms. The van der Waals surface area contributed by atoms with Gasteiger partial charge < -0.3 is 5.32 Å². The van der Waals surface area contributed by atoms with Crippen molar-refractivity contribution >= 4 is 16.8 Å². The summed E-state index contributed by atoms with van der Waals surface area (Å²) in [5, 5.41) is 4.04. The molecule has 94 valence electrons. The van der Waals surface area contributed by atoms with Crippen LogP contribution >= 0.6 is 0 Å². The van der Waals surface area contributed by atoms with Gasteiger partial charge in [0.25, 0.3) is 0 Å². The number of pyridine rings is 1. The number of carbonyl (C=O) groups excluding carboxylic acids is 1. The first-order chi connectivity index (χ1) is 8.81. The first-order valence-electron chi connectivity index (χ1n) is 6.40. The molecule has 2 rings (SSSR count). The summed E-state index contributed by atoms with van der Waals surface area (Å²) in [4.78, 5) is 15.9. The zero-order valence-electron chi connectivity index (χ0n) is 10.6. The van der Waals surface area contributed by atoms with Crippen LogP contribution in [-0.4, -0.2) is 17.4 Å². The summed E-state index contributed by atoms with van der Waals surface area (Å²) in [5.41, 5.74) is 2.18. The highest BCUT2D eigenvalue weighted by atomic mass is 16.1. The van der Waals surface area contributed by atoms with E-state index in [4.69, 9.17) is 0 Å². The molecule has 1 aromatic heterocycles. The normalized spacial score (nSPS) is 10.5. The number of amides is 1. The molecule has 0 aliphatic carbocycles. The minimum atomic E-state index is 0.123. The summed E-state index contributed by atoms with van der Waals surface area (Å²) >= 11 is 0. The van der Waals surface area contributed by atoms with Crippen molar-refractivity contribution < 1.29 is 4.79 Å². The molecule has 0 radical (unpaired) electrons. The summed E-state index contributed by atoms with van der Waals surface area (Å²) in [5.74, 6) is 0.123. The Labute approximate surface area is 107 Å². The van der Waals surface area contributed by atoms with Crippen LogP contribution < -0.4 is 5.32 Å². The van der Waals surface area contributed by atoms with E-state index in [2.05, 4.69) is 23.3 Å². The van der Waals surface area contributed by atoms with Crippen LogP contribution in [0.15, 0.2) is 36.5 Å². The highest BCUT2D eigenvalue weighted by molar-refractivity contribution is 5.83. The van der Waals surface area contributed by atoms with Gasteiger partial charge in [0.2, 0.25) is 5.91 Å². The van der Waals surface area contributed by atoms with Crippen LogP contribution in [0.5, 0.6) is 0 Å². The number of hydrogen-bond donors (Lipinski definition) is 1. The van der Waals surface area contributed by atoms with Gasteiger partial charge in [0.15, 0.2) is 0 Å². The number of benzene rings is 1. The number of rotatable bonds is 5. The minimum absolute atomic E-state index is 0.123. The van der Waals surface area contributed by atoms with E-state index in [-0.39, 0.29) is 5.91 Å². The van der Waals surface area contributed by atoms with E-state index in [1.807, 2.05) is 30.5 Å². The number of carbonyl (C=O) groups is 1. The van der Waals surface area contributed by atoms with Gasteiger partial charge in [-0.1, -0.05) is 25.1 Å². The van der Waals surface area contributed by atoms with Crippen molar-refractivity contribution in [1.29, 1.82) is 0 Å². The molecule has 0 aliphatic rings. The molecule has 1 amide bonds. The lowest BCUT2D eigenvalue weighted by Gasteiger charge is -2.06. The van der Waals surface area contributed by atoms with Gasteiger partial charge in [-0.15, -0.1) is 0 Å². The number of nitrogens with one attached hydrogen (secondary N) is 1. The minimum Gasteiger partial charge on any atom is -0.356 e. The Morgan fingerprint density at radius 2 is 2.11 bits per heavy atom. The topological polar surface area (TPSA) is 42.0 Å². The average molecular weight is 242 g/mol. The Morgan fingerprint density at radius 1 is 1.28 bits per heavy atom. The molecule has 1 N–H and O–H groups in total. The van der Waals surface area contributed by atoms with Crippen LogP contribution in [0, 0.1) is 0 Å². The molecule has 1 heterocycles. The highest BCUT2D eigenvalue weighted by Gasteiger charge is 2.04. The van der Waals surface area contributed by atoms with E-state index in [9.17, 15) is 4.79 Å². The number of hydrogen-bond acceptors (Lipinski definition) is 2. The lowest BCUT2D eigenvalue weighted by atomic mass is 10.0. The number of para-hydroxylation sites is 1. The van der Waals surface area contributed by atoms with Gasteiger partial charge in [-0.2, -0.15) is 0 Å². The van der Waals surface area contributed by atoms with Gasteiger partial charge in [-0.25, -0.2) is 0 Å². The molecular weight excluding hydrogens is 224 g/mol. The molecule has 0 atom stereocenters. The third-order valence-electron chi connectivity index (χ3n) is 2.93. The molecule has 0 spiro atoms. The molecule has 0 aliphatic heterocycles. The molecule has 0 unspecified atom stereocenters. The third-order valence-corrected chi connectivity index (χ3v) is 2.93. The van der Waals surface area contributed by atoms with E-state index < -0.39 is 0 Å². The molecule has 3 nitrogen and oxygen atoms in total. The van der Waals surface area contributed by atoms with E-state index in [0.717, 1.165) is 30.3 Å². The van der Waals surface area contributed by atoms with Gasteiger partial charge in [0, 0.05) is 24.5 Å². The summed E-state index contributed by atoms with van der Waals surface area (Å²) < 4.78 is 0. The van der Waals surface area contributed by atoms with Crippen LogP contribution in [0.2, 0.25) is 0 Å². The first-order valence-corrected chi connectivity index (χ1v) is 6.40. The predicted octanol–water partition coefficient (Wildman–Crippen LogP) is 2.69. The molecule has 3 heteroatoms. The van der Waals surface area contributed by atoms with Crippen molar-refractivity contribution in [3.05, 3.63) is 42.1 Å². The van der Waals surface area contributed by atoms with Crippen molar-refractivity contribution in [1.82, 2.24) is 10.3 Å². The van der Waals surface area contributed by atoms with Crippen LogP contribution in [0.4, 0.5) is 0 Å². The summed E-state index contributed by atoms with van der Waals surface area (Å²) in [6.45, 7) is 2.81. The number of aromatic nitrogens is 1. The Balaban J connectivity index is 2.05. The summed E-state index contributed by atoms with van der Waals surface area (Å²) in [7, 11) is 0. The molecule has 0 saturated heterocycles. The Kier molecular flexibility index (Phi) is 4.29. The zero-order valence-corrected chi connectivity index (χ0v) is 10.6. The smallest absolute Gasteiger partial charge is 0.220 e. The second-order valence-corrected chi connectivity index (χ2v) is 4.34. The van der Waals surface area contributed by atoms with Gasteiger partial charge >= 0.3 is 0 Å². The van der Waals surface area contributed by atoms with Crippen LogP contribution in [0.3, 0.4) is 0 Å². The molecule has 1 aromatic carbocycles. The number of fused-ring (bicyclic) bond motifs is 1. The van der Waals surface area contributed by atoms with Crippen molar-refractivity contribution in [3.63, 3.8) is 0 Å². The monoisotopic (exact) mass is 242 g/mol. The molecule has 2 aromatic rings. The van der Waals surface area contributed by atoms with Crippen LogP contribution in [-0.2, 0) is 11.2 Å². The van der Waals surface area contributed by atoms with Gasteiger partial charge in [0.1, 0.15) is 0 Å². The van der Waals surface area contributed by atoms with Gasteiger partial charge in [0.05, 0.1) is 5.52 Å². The molecule has 0 bridgehead atoms. The van der Waals surface area contributed by atoms with E-state index in [1.54, 1.807) is 0 Å². The Hall–Kier alpha value is -1.90. The summed E-state index contributed by atoms with van der Waals surface area (Å²) in [6.07, 6.45) is 4.08. The lowest BCUT2D eigenvalue weighted by Crippen LogP contribution is -2.24. The second-order valence-electron chi connectivity index (χ2n) is 4.34. The maximum Gasteiger partial charge on any atom is 0.220 e. The van der Waals surface area contributed by atoms with Crippen LogP contribution in [0.1, 0.15) is 25.3 Å². The van der Waals surface area contributed by atoms with Crippen molar-refractivity contribution in [2.45, 2.75) is 26.2 Å². The first kappa shape index (κ1) is 12.6. The second kappa shape index (κ2) is 6.15. The standard InChI is InChI=1S/C15H18N2O/c1-2-10-17-15(18)8-7-12-9-11-16-14-6-4-3-5-13(12)14/h3-6,9,11H,2,7-8,10H2,1H3,(H,17,18). The lowest BCUT2D eigenvalue weighted by molar-refractivity contribution is -0.121. The van der Waals surface area contributed by atoms with Gasteiger partial charge in [-0.3, -0.25) is 9.78 Å². The fourth-order valence-electron chi connectivity index (χ4n) is 1.97. The highest BCUT2D eigenvalue weighted by Crippen LogP contribution is 2.17. The van der Waals surface area contributed by atoms with E-state index >= 15 is 0 Å². The fourth-order valence-corrected chi connectivity index (χ4v) is 1.97. The van der Waals surface area contributed by atoms with Crippen molar-refractivity contribution in [2.24, 2.45) is 0 Å². The zero-order chi connectivity index (χ0) is 12.8. The number of aryl methyl sites for hydroxylation is 1. The van der Waals surface area contributed by atoms with Crippen molar-refractivity contribution in [3.8, 4) is 0 Å². The molecular formula is C15H18N2O. The third kappa shape index (κ3) is 3.06. The number of nitrogens with zero attached hydrogens (tertiary/aromatic N) is 1. The van der Waals surface area contributed by atoms with E-state index in [1.165, 1.54) is 5.56 Å². The maximum absolute atomic E-state index is 11.6. The maximum atomic E-state index is 11.6. The van der Waals surface area contributed by atoms with Crippen LogP contribution in [0.25, 0.3) is 10.9 Å². The van der Waals surface area contributed by atoms with Crippen molar-refractivity contribution in [2.75, 3.05) is 6.54 Å². The van der Waals surface area contributed by atoms with E-state index in [0.29, 0.717) is 6.42 Å². The Morgan fingerprint density at radius 3 is 2.94 bits per heavy atom. The average Bonchev–Trinajstić information content (AvgIpc) is 2.42. The summed E-state index contributed by atoms with van der Waals surface area (Å²) in [6, 6.07) is 10.0. The Bertz CT molecular complexity index is 532. The fraction of sp³-hybridized carbons (Fsp3) is 0.333. The molecule has 0 fully saturated rings. The predicted molar refractivity (Wildman–Crippen MR) is 73.4 cm³/mol.